The molecule has 0 radical (unpaired) electrons. The fourth-order valence-electron chi connectivity index (χ4n) is 2.04. The highest BCUT2D eigenvalue weighted by atomic mass is 79.9. The summed E-state index contributed by atoms with van der Waals surface area (Å²) in [6.45, 7) is 0.778. The molecule has 0 saturated carbocycles. The Hall–Kier alpha value is -0.740. The summed E-state index contributed by atoms with van der Waals surface area (Å²) in [5.41, 5.74) is 4.99. The number of nitrogens with two attached hydrogens (primary N) is 1. The van der Waals surface area contributed by atoms with Crippen LogP contribution in [0.5, 0.6) is 0 Å². The Morgan fingerprint density at radius 3 is 2.86 bits per heavy atom. The van der Waals surface area contributed by atoms with E-state index < -0.39 is 26.3 Å². The lowest BCUT2D eigenvalue weighted by Gasteiger charge is -2.25. The van der Waals surface area contributed by atoms with E-state index in [0.717, 1.165) is 6.07 Å². The van der Waals surface area contributed by atoms with Crippen LogP contribution in [0.1, 0.15) is 6.42 Å². The number of benzene rings is 1. The molecule has 1 aliphatic rings. The van der Waals surface area contributed by atoms with Crippen molar-refractivity contribution in [1.82, 2.24) is 4.72 Å². The summed E-state index contributed by atoms with van der Waals surface area (Å²) in [7, 11) is -2.56. The quantitative estimate of drug-likeness (QED) is 0.747. The van der Waals surface area contributed by atoms with Crippen molar-refractivity contribution in [3.8, 4) is 0 Å². The first-order valence-electron chi connectivity index (χ1n) is 6.17. The smallest absolute Gasteiger partial charge is 0.243 e. The van der Waals surface area contributed by atoms with Crippen molar-refractivity contribution in [3.63, 3.8) is 0 Å². The minimum Gasteiger partial charge on any atom is -0.399 e. The molecule has 1 fully saturated rings. The van der Waals surface area contributed by atoms with E-state index >= 15 is 0 Å². The standard InChI is InChI=1S/C12H16BrFN2O4S/c1-19-12(2-3-20-7-12)6-16-21(17,18)10-5-8(15)4-9(13)11(10)14/h4-5,16H,2-3,6-7,15H2,1H3. The summed E-state index contributed by atoms with van der Waals surface area (Å²) >= 11 is 2.94. The molecule has 6 nitrogen and oxygen atoms in total. The molecule has 1 aliphatic heterocycles. The van der Waals surface area contributed by atoms with Gasteiger partial charge >= 0.3 is 0 Å². The predicted octanol–water partition coefficient (Wildman–Crippen LogP) is 1.25. The minimum atomic E-state index is -4.04. The molecule has 1 aromatic carbocycles. The van der Waals surface area contributed by atoms with Gasteiger partial charge in [-0.1, -0.05) is 0 Å². The van der Waals surface area contributed by atoms with Crippen LogP contribution in [0.25, 0.3) is 0 Å². The molecular weight excluding hydrogens is 367 g/mol. The fourth-order valence-corrected chi connectivity index (χ4v) is 3.90. The molecule has 9 heteroatoms. The van der Waals surface area contributed by atoms with Gasteiger partial charge in [0, 0.05) is 32.4 Å². The van der Waals surface area contributed by atoms with Gasteiger partial charge in [0.1, 0.15) is 10.5 Å². The number of hydrogen-bond donors (Lipinski definition) is 2. The van der Waals surface area contributed by atoms with Crippen LogP contribution >= 0.6 is 15.9 Å². The van der Waals surface area contributed by atoms with E-state index in [9.17, 15) is 12.8 Å². The number of nitrogens with one attached hydrogen (secondary N) is 1. The van der Waals surface area contributed by atoms with E-state index in [2.05, 4.69) is 20.7 Å². The minimum absolute atomic E-state index is 0.00229. The average Bonchev–Trinajstić information content (AvgIpc) is 2.90. The first kappa shape index (κ1) is 16.6. The van der Waals surface area contributed by atoms with Crippen molar-refractivity contribution in [3.05, 3.63) is 22.4 Å². The summed E-state index contributed by atoms with van der Waals surface area (Å²) in [5.74, 6) is -0.883. The molecule has 118 valence electrons. The number of methoxy groups -OCH3 is 1. The number of sulfonamides is 1. The van der Waals surface area contributed by atoms with Gasteiger partial charge < -0.3 is 15.2 Å². The topological polar surface area (TPSA) is 90.7 Å². The Bertz CT molecular complexity index is 632. The predicted molar refractivity (Wildman–Crippen MR) is 78.9 cm³/mol. The van der Waals surface area contributed by atoms with Gasteiger partial charge in [0.15, 0.2) is 5.82 Å². The molecule has 0 amide bonds. The van der Waals surface area contributed by atoms with Crippen molar-refractivity contribution in [2.75, 3.05) is 32.6 Å². The second-order valence-corrected chi connectivity index (χ2v) is 7.42. The van der Waals surface area contributed by atoms with Gasteiger partial charge in [0.05, 0.1) is 11.1 Å². The number of anilines is 1. The van der Waals surface area contributed by atoms with Crippen molar-refractivity contribution >= 4 is 31.6 Å². The molecule has 1 aromatic rings. The highest BCUT2D eigenvalue weighted by molar-refractivity contribution is 9.10. The van der Waals surface area contributed by atoms with Crippen LogP contribution < -0.4 is 10.5 Å². The third-order valence-corrected chi connectivity index (χ3v) is 5.37. The SMILES string of the molecule is COC1(CNS(=O)(=O)c2cc(N)cc(Br)c2F)CCOC1. The van der Waals surface area contributed by atoms with Crippen LogP contribution in [0.4, 0.5) is 10.1 Å². The third-order valence-electron chi connectivity index (χ3n) is 3.39. The van der Waals surface area contributed by atoms with Crippen LogP contribution in [0.2, 0.25) is 0 Å². The maximum atomic E-state index is 14.0. The largest absolute Gasteiger partial charge is 0.399 e. The second kappa shape index (κ2) is 6.17. The van der Waals surface area contributed by atoms with Gasteiger partial charge in [-0.25, -0.2) is 17.5 Å². The van der Waals surface area contributed by atoms with Gasteiger partial charge in [-0.15, -0.1) is 0 Å². The maximum Gasteiger partial charge on any atom is 0.243 e. The van der Waals surface area contributed by atoms with Crippen LogP contribution in [-0.4, -0.2) is 40.9 Å². The zero-order valence-corrected chi connectivity index (χ0v) is 13.8. The van der Waals surface area contributed by atoms with Crippen molar-refractivity contribution < 1.29 is 22.3 Å². The van der Waals surface area contributed by atoms with Crippen molar-refractivity contribution in [1.29, 1.82) is 0 Å². The van der Waals surface area contributed by atoms with E-state index in [1.807, 2.05) is 0 Å². The molecule has 1 saturated heterocycles. The average molecular weight is 383 g/mol. The van der Waals surface area contributed by atoms with Gasteiger partial charge in [0.2, 0.25) is 10.0 Å². The van der Waals surface area contributed by atoms with Crippen LogP contribution in [-0.2, 0) is 19.5 Å². The van der Waals surface area contributed by atoms with Gasteiger partial charge in [-0.2, -0.15) is 0 Å². The Morgan fingerprint density at radius 2 is 2.29 bits per heavy atom. The molecule has 21 heavy (non-hydrogen) atoms. The highest BCUT2D eigenvalue weighted by Crippen LogP contribution is 2.27. The second-order valence-electron chi connectivity index (χ2n) is 4.83. The lowest BCUT2D eigenvalue weighted by Crippen LogP contribution is -2.45. The third kappa shape index (κ3) is 3.54. The van der Waals surface area contributed by atoms with Gasteiger partial charge in [-0.3, -0.25) is 0 Å². The molecule has 0 aromatic heterocycles. The first-order valence-corrected chi connectivity index (χ1v) is 8.44. The summed E-state index contributed by atoms with van der Waals surface area (Å²) < 4.78 is 51.4. The number of hydrogen-bond acceptors (Lipinski definition) is 5. The first-order chi connectivity index (χ1) is 9.80. The molecule has 1 heterocycles. The zero-order valence-electron chi connectivity index (χ0n) is 11.4. The number of halogens is 2. The van der Waals surface area contributed by atoms with E-state index in [1.54, 1.807) is 0 Å². The number of ether oxygens (including phenoxy) is 2. The molecule has 3 N–H and O–H groups in total. The number of nitrogen functional groups attached to an aromatic ring is 1. The Balaban J connectivity index is 2.23. The van der Waals surface area contributed by atoms with Gasteiger partial charge in [-0.05, 0) is 28.1 Å². The monoisotopic (exact) mass is 382 g/mol. The van der Waals surface area contributed by atoms with Crippen LogP contribution in [0, 0.1) is 5.82 Å². The molecular formula is C12H16BrFN2O4S. The summed E-state index contributed by atoms with van der Waals surface area (Å²) in [4.78, 5) is -0.500. The molecule has 0 bridgehead atoms. The summed E-state index contributed by atoms with van der Waals surface area (Å²) in [6, 6.07) is 2.38. The molecule has 0 aliphatic carbocycles. The van der Waals surface area contributed by atoms with Gasteiger partial charge in [0.25, 0.3) is 0 Å². The highest BCUT2D eigenvalue weighted by Gasteiger charge is 2.36. The van der Waals surface area contributed by atoms with E-state index in [-0.39, 0.29) is 23.3 Å². The lowest BCUT2D eigenvalue weighted by molar-refractivity contribution is -0.0120. The van der Waals surface area contributed by atoms with Crippen molar-refractivity contribution in [2.45, 2.75) is 16.9 Å². The Kier molecular flexibility index (Phi) is 4.89. The Morgan fingerprint density at radius 1 is 1.57 bits per heavy atom. The number of rotatable bonds is 5. The van der Waals surface area contributed by atoms with Crippen molar-refractivity contribution in [2.24, 2.45) is 0 Å². The van der Waals surface area contributed by atoms with Crippen LogP contribution in [0.3, 0.4) is 0 Å². The van der Waals surface area contributed by atoms with E-state index in [0.29, 0.717) is 13.0 Å². The fraction of sp³-hybridized carbons (Fsp3) is 0.500. The molecule has 0 spiro atoms. The van der Waals surface area contributed by atoms with E-state index in [1.165, 1.54) is 13.2 Å². The molecule has 1 unspecified atom stereocenters. The normalized spacial score (nSPS) is 22.6. The summed E-state index contributed by atoms with van der Waals surface area (Å²) in [5, 5.41) is 0. The molecule has 1 atom stereocenters. The molecule has 2 rings (SSSR count). The van der Waals surface area contributed by atoms with E-state index in [4.69, 9.17) is 15.2 Å². The van der Waals surface area contributed by atoms with Crippen LogP contribution in [0.15, 0.2) is 21.5 Å². The summed E-state index contributed by atoms with van der Waals surface area (Å²) in [6.07, 6.45) is 0.565. The zero-order chi connectivity index (χ0) is 15.7. The Labute approximate surface area is 131 Å². The maximum absolute atomic E-state index is 14.0. The lowest BCUT2D eigenvalue weighted by atomic mass is 10.0.